The van der Waals surface area contributed by atoms with Crippen LogP contribution in [-0.4, -0.2) is 34.5 Å². The second-order valence-electron chi connectivity index (χ2n) is 6.54. The fourth-order valence-electron chi connectivity index (χ4n) is 3.06. The molecule has 1 saturated heterocycles. The van der Waals surface area contributed by atoms with Crippen LogP contribution in [0.15, 0.2) is 22.7 Å². The van der Waals surface area contributed by atoms with Crippen LogP contribution in [0.2, 0.25) is 0 Å². The van der Waals surface area contributed by atoms with E-state index in [4.69, 9.17) is 4.42 Å². The molecule has 0 atom stereocenters. The molecule has 1 N–H and O–H groups in total. The van der Waals surface area contributed by atoms with Gasteiger partial charge in [0.15, 0.2) is 0 Å². The Kier molecular flexibility index (Phi) is 4.96. The number of aromatic nitrogens is 2. The summed E-state index contributed by atoms with van der Waals surface area (Å²) in [5.74, 6) is 2.52. The SMILES string of the molecule is Cc1cc(NCC2CCN(Cc3nc(C)c(C)o3)CC2)ccn1. The van der Waals surface area contributed by atoms with Crippen molar-refractivity contribution in [3.63, 3.8) is 0 Å². The summed E-state index contributed by atoms with van der Waals surface area (Å²) in [6, 6.07) is 4.14. The van der Waals surface area contributed by atoms with Crippen molar-refractivity contribution in [1.82, 2.24) is 14.9 Å². The van der Waals surface area contributed by atoms with Crippen LogP contribution >= 0.6 is 0 Å². The lowest BCUT2D eigenvalue weighted by molar-refractivity contribution is 0.167. The van der Waals surface area contributed by atoms with E-state index in [9.17, 15) is 0 Å². The molecule has 0 bridgehead atoms. The van der Waals surface area contributed by atoms with Crippen LogP contribution in [0, 0.1) is 26.7 Å². The summed E-state index contributed by atoms with van der Waals surface area (Å²) in [6.07, 6.45) is 4.30. The first kappa shape index (κ1) is 16.0. The third-order valence-electron chi connectivity index (χ3n) is 4.63. The Balaban J connectivity index is 1.43. The van der Waals surface area contributed by atoms with Crippen LogP contribution in [0.3, 0.4) is 0 Å². The molecule has 0 saturated carbocycles. The summed E-state index contributed by atoms with van der Waals surface area (Å²) >= 11 is 0. The molecule has 0 aliphatic carbocycles. The van der Waals surface area contributed by atoms with Gasteiger partial charge in [-0.2, -0.15) is 0 Å². The molecule has 1 aliphatic heterocycles. The molecule has 0 radical (unpaired) electrons. The number of nitrogens with zero attached hydrogens (tertiary/aromatic N) is 3. The predicted molar refractivity (Wildman–Crippen MR) is 91.4 cm³/mol. The average Bonchev–Trinajstić information content (AvgIpc) is 2.85. The first-order valence-corrected chi connectivity index (χ1v) is 8.42. The van der Waals surface area contributed by atoms with Gasteiger partial charge in [-0.15, -0.1) is 0 Å². The van der Waals surface area contributed by atoms with Crippen molar-refractivity contribution >= 4 is 5.69 Å². The zero-order valence-corrected chi connectivity index (χ0v) is 14.3. The number of nitrogens with one attached hydrogen (secondary N) is 1. The fourth-order valence-corrected chi connectivity index (χ4v) is 3.06. The zero-order valence-electron chi connectivity index (χ0n) is 14.3. The Morgan fingerprint density at radius 3 is 2.70 bits per heavy atom. The Labute approximate surface area is 138 Å². The Morgan fingerprint density at radius 1 is 1.26 bits per heavy atom. The quantitative estimate of drug-likeness (QED) is 0.917. The van der Waals surface area contributed by atoms with Gasteiger partial charge in [0.2, 0.25) is 5.89 Å². The molecule has 2 aromatic heterocycles. The average molecular weight is 314 g/mol. The van der Waals surface area contributed by atoms with Gasteiger partial charge >= 0.3 is 0 Å². The lowest BCUT2D eigenvalue weighted by atomic mass is 9.96. The van der Waals surface area contributed by atoms with Crippen molar-refractivity contribution in [1.29, 1.82) is 0 Å². The Hall–Kier alpha value is -1.88. The predicted octanol–water partition coefficient (Wildman–Crippen LogP) is 3.32. The van der Waals surface area contributed by atoms with Gasteiger partial charge < -0.3 is 9.73 Å². The molecule has 0 aromatic carbocycles. The third kappa shape index (κ3) is 4.32. The van der Waals surface area contributed by atoms with Gasteiger partial charge in [-0.1, -0.05) is 0 Å². The van der Waals surface area contributed by atoms with Gasteiger partial charge in [-0.05, 0) is 64.8 Å². The second kappa shape index (κ2) is 7.13. The lowest BCUT2D eigenvalue weighted by Crippen LogP contribution is -2.35. The van der Waals surface area contributed by atoms with Crippen LogP contribution < -0.4 is 5.32 Å². The molecular weight excluding hydrogens is 288 g/mol. The molecule has 23 heavy (non-hydrogen) atoms. The number of hydrogen-bond acceptors (Lipinski definition) is 5. The zero-order chi connectivity index (χ0) is 16.2. The summed E-state index contributed by atoms with van der Waals surface area (Å²) in [4.78, 5) is 11.2. The van der Waals surface area contributed by atoms with Crippen molar-refractivity contribution in [3.8, 4) is 0 Å². The van der Waals surface area contributed by atoms with E-state index in [1.807, 2.05) is 33.0 Å². The number of anilines is 1. The van der Waals surface area contributed by atoms with E-state index in [0.29, 0.717) is 0 Å². The van der Waals surface area contributed by atoms with Crippen molar-refractivity contribution < 1.29 is 4.42 Å². The molecule has 0 unspecified atom stereocenters. The second-order valence-corrected chi connectivity index (χ2v) is 6.54. The maximum absolute atomic E-state index is 5.69. The molecule has 3 heterocycles. The number of rotatable bonds is 5. The minimum Gasteiger partial charge on any atom is -0.444 e. The monoisotopic (exact) mass is 314 g/mol. The van der Waals surface area contributed by atoms with E-state index in [1.165, 1.54) is 18.5 Å². The molecular formula is C18H26N4O. The first-order valence-electron chi connectivity index (χ1n) is 8.42. The van der Waals surface area contributed by atoms with Crippen LogP contribution in [-0.2, 0) is 6.54 Å². The minimum atomic E-state index is 0.729. The fraction of sp³-hybridized carbons (Fsp3) is 0.556. The van der Waals surface area contributed by atoms with Crippen LogP contribution in [0.1, 0.15) is 35.9 Å². The summed E-state index contributed by atoms with van der Waals surface area (Å²) in [5.41, 5.74) is 3.23. The molecule has 5 heteroatoms. The highest BCUT2D eigenvalue weighted by molar-refractivity contribution is 5.42. The molecule has 3 rings (SSSR count). The molecule has 1 fully saturated rings. The molecule has 124 valence electrons. The van der Waals surface area contributed by atoms with Crippen molar-refractivity contribution in [3.05, 3.63) is 41.4 Å². The van der Waals surface area contributed by atoms with Crippen molar-refractivity contribution in [2.24, 2.45) is 5.92 Å². The van der Waals surface area contributed by atoms with Gasteiger partial charge in [-0.3, -0.25) is 9.88 Å². The number of likely N-dealkylation sites (tertiary alicyclic amines) is 1. The summed E-state index contributed by atoms with van der Waals surface area (Å²) in [5, 5.41) is 3.54. The third-order valence-corrected chi connectivity index (χ3v) is 4.63. The first-order chi connectivity index (χ1) is 11.1. The number of aryl methyl sites for hydroxylation is 3. The van der Waals surface area contributed by atoms with E-state index in [-0.39, 0.29) is 0 Å². The summed E-state index contributed by atoms with van der Waals surface area (Å²) in [6.45, 7) is 10.1. The van der Waals surface area contributed by atoms with Crippen molar-refractivity contribution in [2.45, 2.75) is 40.2 Å². The largest absolute Gasteiger partial charge is 0.444 e. The van der Waals surface area contributed by atoms with Gasteiger partial charge in [0.25, 0.3) is 0 Å². The van der Waals surface area contributed by atoms with Crippen LogP contribution in [0.4, 0.5) is 5.69 Å². The van der Waals surface area contributed by atoms with Crippen molar-refractivity contribution in [2.75, 3.05) is 25.0 Å². The van der Waals surface area contributed by atoms with Gasteiger partial charge in [-0.25, -0.2) is 4.98 Å². The highest BCUT2D eigenvalue weighted by Crippen LogP contribution is 2.20. The van der Waals surface area contributed by atoms with Crippen LogP contribution in [0.25, 0.3) is 0 Å². The molecule has 0 spiro atoms. The van der Waals surface area contributed by atoms with E-state index >= 15 is 0 Å². The summed E-state index contributed by atoms with van der Waals surface area (Å²) in [7, 11) is 0. The number of piperidine rings is 1. The van der Waals surface area contributed by atoms with Gasteiger partial charge in [0.1, 0.15) is 5.76 Å². The van der Waals surface area contributed by atoms with E-state index in [2.05, 4.69) is 26.3 Å². The number of pyridine rings is 1. The molecule has 1 aliphatic rings. The lowest BCUT2D eigenvalue weighted by Gasteiger charge is -2.31. The van der Waals surface area contributed by atoms with Gasteiger partial charge in [0.05, 0.1) is 12.2 Å². The minimum absolute atomic E-state index is 0.729. The van der Waals surface area contributed by atoms with E-state index in [1.54, 1.807) is 0 Å². The van der Waals surface area contributed by atoms with Crippen LogP contribution in [0.5, 0.6) is 0 Å². The standard InChI is InChI=1S/C18H26N4O/c1-13-10-17(4-7-19-13)20-11-16-5-8-22(9-6-16)12-18-21-14(2)15(3)23-18/h4,7,10,16H,5-6,8-9,11-12H2,1-3H3,(H,19,20). The molecule has 2 aromatic rings. The smallest absolute Gasteiger partial charge is 0.208 e. The topological polar surface area (TPSA) is 54.2 Å². The highest BCUT2D eigenvalue weighted by atomic mass is 16.4. The summed E-state index contributed by atoms with van der Waals surface area (Å²) < 4.78 is 5.69. The Bertz CT molecular complexity index is 625. The maximum Gasteiger partial charge on any atom is 0.208 e. The highest BCUT2D eigenvalue weighted by Gasteiger charge is 2.20. The van der Waals surface area contributed by atoms with E-state index < -0.39 is 0 Å². The Morgan fingerprint density at radius 2 is 2.04 bits per heavy atom. The van der Waals surface area contributed by atoms with E-state index in [0.717, 1.165) is 55.1 Å². The molecule has 5 nitrogen and oxygen atoms in total. The normalized spacial score (nSPS) is 16.7. The van der Waals surface area contributed by atoms with Gasteiger partial charge in [0, 0.05) is 24.1 Å². The number of hydrogen-bond donors (Lipinski definition) is 1. The maximum atomic E-state index is 5.69. The molecule has 0 amide bonds. The number of oxazole rings is 1.